The number of aryl methyl sites for hydroxylation is 2. The highest BCUT2D eigenvalue weighted by atomic mass is 32.1. The van der Waals surface area contributed by atoms with Gasteiger partial charge >= 0.3 is 0 Å². The van der Waals surface area contributed by atoms with E-state index in [2.05, 4.69) is 31.1 Å². The lowest BCUT2D eigenvalue weighted by Crippen LogP contribution is -2.10. The fourth-order valence-electron chi connectivity index (χ4n) is 2.74. The summed E-state index contributed by atoms with van der Waals surface area (Å²) in [5.74, 6) is 0.255. The van der Waals surface area contributed by atoms with Crippen LogP contribution in [-0.4, -0.2) is 30.3 Å². The molecule has 0 saturated heterocycles. The molecule has 0 aliphatic carbocycles. The fourth-order valence-corrected chi connectivity index (χ4v) is 3.31. The zero-order valence-electron chi connectivity index (χ0n) is 14.9. The first-order valence-electron chi connectivity index (χ1n) is 8.22. The van der Waals surface area contributed by atoms with Gasteiger partial charge in [-0.3, -0.25) is 10.1 Å². The third-order valence-electron chi connectivity index (χ3n) is 4.08. The standard InChI is InChI=1S/C18H16N6O2S/c1-10-6-7-13(11(2)9-10)24-12(3)15(21-23-24)16-19-18(27-22-16)20-17(25)14-5-4-8-26-14/h4-9H,1-3H3,(H,19,20,22,25). The molecular formula is C18H16N6O2S. The lowest BCUT2D eigenvalue weighted by molar-refractivity contribution is 0.0996. The van der Waals surface area contributed by atoms with Crippen molar-refractivity contribution in [1.82, 2.24) is 24.4 Å². The molecule has 9 heteroatoms. The van der Waals surface area contributed by atoms with Gasteiger partial charge in [-0.25, -0.2) is 4.68 Å². The van der Waals surface area contributed by atoms with Crippen molar-refractivity contribution >= 4 is 22.6 Å². The number of amides is 1. The summed E-state index contributed by atoms with van der Waals surface area (Å²) >= 11 is 1.08. The fraction of sp³-hybridized carbons (Fsp3) is 0.167. The number of nitrogens with zero attached hydrogens (tertiary/aromatic N) is 5. The summed E-state index contributed by atoms with van der Waals surface area (Å²) in [6, 6.07) is 9.37. The van der Waals surface area contributed by atoms with Gasteiger partial charge in [-0.1, -0.05) is 22.9 Å². The van der Waals surface area contributed by atoms with Gasteiger partial charge < -0.3 is 4.42 Å². The summed E-state index contributed by atoms with van der Waals surface area (Å²) in [5.41, 5.74) is 4.64. The van der Waals surface area contributed by atoms with E-state index < -0.39 is 0 Å². The van der Waals surface area contributed by atoms with Crippen LogP contribution < -0.4 is 5.32 Å². The molecule has 8 nitrogen and oxygen atoms in total. The summed E-state index contributed by atoms with van der Waals surface area (Å²) in [6.07, 6.45) is 1.44. The molecule has 0 atom stereocenters. The van der Waals surface area contributed by atoms with E-state index in [-0.39, 0.29) is 11.7 Å². The van der Waals surface area contributed by atoms with Crippen molar-refractivity contribution in [2.75, 3.05) is 5.32 Å². The molecule has 0 spiro atoms. The van der Waals surface area contributed by atoms with E-state index in [1.54, 1.807) is 16.8 Å². The Morgan fingerprint density at radius 1 is 1.22 bits per heavy atom. The summed E-state index contributed by atoms with van der Waals surface area (Å²) in [7, 11) is 0. The summed E-state index contributed by atoms with van der Waals surface area (Å²) in [5, 5.41) is 11.5. The monoisotopic (exact) mass is 380 g/mol. The first-order chi connectivity index (χ1) is 13.0. The highest BCUT2D eigenvalue weighted by Crippen LogP contribution is 2.25. The second kappa shape index (κ2) is 6.76. The van der Waals surface area contributed by atoms with Crippen LogP contribution >= 0.6 is 11.5 Å². The molecule has 1 aromatic carbocycles. The van der Waals surface area contributed by atoms with Crippen molar-refractivity contribution < 1.29 is 9.21 Å². The third-order valence-corrected chi connectivity index (χ3v) is 4.71. The van der Waals surface area contributed by atoms with E-state index in [0.717, 1.165) is 28.5 Å². The number of carbonyl (C=O) groups excluding carboxylic acids is 1. The Morgan fingerprint density at radius 3 is 2.81 bits per heavy atom. The van der Waals surface area contributed by atoms with E-state index in [1.165, 1.54) is 11.8 Å². The van der Waals surface area contributed by atoms with Gasteiger partial charge in [-0.05, 0) is 44.5 Å². The second-order valence-electron chi connectivity index (χ2n) is 6.08. The molecule has 1 N–H and O–H groups in total. The molecule has 0 saturated carbocycles. The number of anilines is 1. The predicted molar refractivity (Wildman–Crippen MR) is 101 cm³/mol. The zero-order chi connectivity index (χ0) is 19.0. The van der Waals surface area contributed by atoms with Crippen molar-refractivity contribution in [1.29, 1.82) is 0 Å². The first kappa shape index (κ1) is 17.1. The molecule has 136 valence electrons. The molecule has 3 aromatic heterocycles. The average Bonchev–Trinajstić information content (AvgIpc) is 3.36. The van der Waals surface area contributed by atoms with E-state index in [0.29, 0.717) is 16.6 Å². The third kappa shape index (κ3) is 3.24. The predicted octanol–water partition coefficient (Wildman–Crippen LogP) is 3.56. The Labute approximate surface area is 159 Å². The van der Waals surface area contributed by atoms with Crippen LogP contribution in [0.4, 0.5) is 5.13 Å². The molecular weight excluding hydrogens is 364 g/mol. The van der Waals surface area contributed by atoms with E-state index >= 15 is 0 Å². The van der Waals surface area contributed by atoms with Gasteiger partial charge in [-0.15, -0.1) is 5.10 Å². The number of furan rings is 1. The molecule has 0 aliphatic heterocycles. The Bertz CT molecular complexity index is 1110. The van der Waals surface area contributed by atoms with Crippen LogP contribution in [0.2, 0.25) is 0 Å². The molecule has 3 heterocycles. The molecule has 27 heavy (non-hydrogen) atoms. The molecule has 4 rings (SSSR count). The molecule has 4 aromatic rings. The topological polar surface area (TPSA) is 98.7 Å². The van der Waals surface area contributed by atoms with Crippen LogP contribution in [0.15, 0.2) is 41.0 Å². The number of benzene rings is 1. The van der Waals surface area contributed by atoms with Crippen LogP contribution in [-0.2, 0) is 0 Å². The number of aromatic nitrogens is 5. The Balaban J connectivity index is 1.61. The Hall–Kier alpha value is -3.33. The number of nitrogens with one attached hydrogen (secondary N) is 1. The number of hydrogen-bond acceptors (Lipinski definition) is 7. The zero-order valence-corrected chi connectivity index (χ0v) is 15.7. The summed E-state index contributed by atoms with van der Waals surface area (Å²) in [4.78, 5) is 16.4. The second-order valence-corrected chi connectivity index (χ2v) is 6.83. The summed E-state index contributed by atoms with van der Waals surface area (Å²) < 4.78 is 11.1. The van der Waals surface area contributed by atoms with Crippen molar-refractivity contribution in [3.8, 4) is 17.2 Å². The molecule has 0 aliphatic rings. The quantitative estimate of drug-likeness (QED) is 0.581. The largest absolute Gasteiger partial charge is 0.459 e. The Morgan fingerprint density at radius 2 is 2.07 bits per heavy atom. The highest BCUT2D eigenvalue weighted by molar-refractivity contribution is 7.10. The molecule has 1 amide bonds. The Kier molecular flexibility index (Phi) is 4.28. The van der Waals surface area contributed by atoms with Gasteiger partial charge in [0.05, 0.1) is 17.6 Å². The van der Waals surface area contributed by atoms with Gasteiger partial charge in [0.1, 0.15) is 0 Å². The highest BCUT2D eigenvalue weighted by Gasteiger charge is 2.19. The van der Waals surface area contributed by atoms with Crippen LogP contribution in [0.1, 0.15) is 27.4 Å². The lowest BCUT2D eigenvalue weighted by atomic mass is 10.1. The average molecular weight is 380 g/mol. The summed E-state index contributed by atoms with van der Waals surface area (Å²) in [6.45, 7) is 6.00. The van der Waals surface area contributed by atoms with Gasteiger partial charge in [0.2, 0.25) is 5.13 Å². The van der Waals surface area contributed by atoms with E-state index in [1.807, 2.05) is 32.9 Å². The van der Waals surface area contributed by atoms with Gasteiger partial charge in [-0.2, -0.15) is 9.36 Å². The maximum absolute atomic E-state index is 12.0. The number of hydrogen-bond donors (Lipinski definition) is 1. The first-order valence-corrected chi connectivity index (χ1v) is 8.99. The van der Waals surface area contributed by atoms with Crippen molar-refractivity contribution in [3.63, 3.8) is 0 Å². The van der Waals surface area contributed by atoms with Crippen LogP contribution in [0, 0.1) is 20.8 Å². The van der Waals surface area contributed by atoms with Crippen molar-refractivity contribution in [3.05, 3.63) is 59.2 Å². The molecule has 0 radical (unpaired) electrons. The van der Waals surface area contributed by atoms with E-state index in [9.17, 15) is 4.79 Å². The SMILES string of the molecule is Cc1ccc(-n2nnc(-c3nsc(NC(=O)c4ccco4)n3)c2C)c(C)c1. The van der Waals surface area contributed by atoms with Crippen molar-refractivity contribution in [2.24, 2.45) is 0 Å². The number of carbonyl (C=O) groups is 1. The minimum Gasteiger partial charge on any atom is -0.459 e. The lowest BCUT2D eigenvalue weighted by Gasteiger charge is -2.07. The molecule has 0 unspecified atom stereocenters. The maximum Gasteiger partial charge on any atom is 0.293 e. The van der Waals surface area contributed by atoms with Gasteiger partial charge in [0, 0.05) is 11.5 Å². The minimum atomic E-state index is -0.377. The molecule has 0 fully saturated rings. The van der Waals surface area contributed by atoms with E-state index in [4.69, 9.17) is 4.42 Å². The molecule has 0 bridgehead atoms. The number of rotatable bonds is 4. The van der Waals surface area contributed by atoms with Crippen molar-refractivity contribution in [2.45, 2.75) is 20.8 Å². The van der Waals surface area contributed by atoms with Gasteiger partial charge in [0.25, 0.3) is 5.91 Å². The smallest absolute Gasteiger partial charge is 0.293 e. The normalized spacial score (nSPS) is 10.9. The van der Waals surface area contributed by atoms with Crippen LogP contribution in [0.5, 0.6) is 0 Å². The maximum atomic E-state index is 12.0. The van der Waals surface area contributed by atoms with Crippen LogP contribution in [0.3, 0.4) is 0 Å². The van der Waals surface area contributed by atoms with Crippen LogP contribution in [0.25, 0.3) is 17.2 Å². The van der Waals surface area contributed by atoms with Gasteiger partial charge in [0.15, 0.2) is 17.3 Å². The minimum absolute atomic E-state index is 0.212.